The van der Waals surface area contributed by atoms with Crippen molar-refractivity contribution in [3.63, 3.8) is 0 Å². The molecule has 1 aromatic rings. The van der Waals surface area contributed by atoms with E-state index in [0.717, 1.165) is 44.2 Å². The number of hydrogen-bond donors (Lipinski definition) is 2. The van der Waals surface area contributed by atoms with Crippen molar-refractivity contribution < 1.29 is 4.42 Å². The maximum Gasteiger partial charge on any atom is 0.191 e. The Balaban J connectivity index is 2.26. The lowest BCUT2D eigenvalue weighted by atomic mass is 10.3. The van der Waals surface area contributed by atoms with Crippen LogP contribution in [0.15, 0.2) is 27.8 Å². The van der Waals surface area contributed by atoms with Crippen molar-refractivity contribution >= 4 is 5.96 Å². The average molecular weight is 251 g/mol. The molecule has 0 radical (unpaired) electrons. The minimum absolute atomic E-state index is 0.842. The molecule has 0 unspecified atom stereocenters. The number of nitrogens with zero attached hydrogens (tertiary/aromatic N) is 1. The number of unbranched alkanes of at least 4 members (excludes halogenated alkanes) is 1. The molecule has 0 aromatic carbocycles. The van der Waals surface area contributed by atoms with Crippen molar-refractivity contribution in [3.05, 3.63) is 24.2 Å². The molecule has 0 amide bonds. The van der Waals surface area contributed by atoms with E-state index in [1.165, 1.54) is 12.8 Å². The SMILES string of the molecule is CCCCNC(=NCCC)NCCc1ccco1. The molecular formula is C14H25N3O. The number of rotatable bonds is 8. The van der Waals surface area contributed by atoms with Gasteiger partial charge in [0.25, 0.3) is 0 Å². The van der Waals surface area contributed by atoms with Gasteiger partial charge >= 0.3 is 0 Å². The molecule has 0 spiro atoms. The maximum atomic E-state index is 5.29. The van der Waals surface area contributed by atoms with E-state index in [1.807, 2.05) is 12.1 Å². The van der Waals surface area contributed by atoms with Gasteiger partial charge in [0, 0.05) is 26.1 Å². The first-order valence-electron chi connectivity index (χ1n) is 6.91. The van der Waals surface area contributed by atoms with Crippen LogP contribution >= 0.6 is 0 Å². The summed E-state index contributed by atoms with van der Waals surface area (Å²) >= 11 is 0. The van der Waals surface area contributed by atoms with Crippen LogP contribution in [0, 0.1) is 0 Å². The lowest BCUT2D eigenvalue weighted by Crippen LogP contribution is -2.39. The average Bonchev–Trinajstić information content (AvgIpc) is 2.88. The standard InChI is InChI=1S/C14H25N3O/c1-3-5-10-16-14(15-9-4-2)17-11-8-13-7-6-12-18-13/h6-7,12H,3-5,8-11H2,1-2H3,(H2,15,16,17). The van der Waals surface area contributed by atoms with Gasteiger partial charge in [-0.15, -0.1) is 0 Å². The van der Waals surface area contributed by atoms with Crippen molar-refractivity contribution in [2.75, 3.05) is 19.6 Å². The summed E-state index contributed by atoms with van der Waals surface area (Å²) in [6.07, 6.45) is 6.03. The lowest BCUT2D eigenvalue weighted by Gasteiger charge is -2.11. The quantitative estimate of drug-likeness (QED) is 0.424. The van der Waals surface area contributed by atoms with Crippen LogP contribution in [-0.2, 0) is 6.42 Å². The smallest absolute Gasteiger partial charge is 0.191 e. The summed E-state index contributed by atoms with van der Waals surface area (Å²) in [5, 5.41) is 6.67. The molecule has 4 heteroatoms. The van der Waals surface area contributed by atoms with E-state index >= 15 is 0 Å². The summed E-state index contributed by atoms with van der Waals surface area (Å²) in [5.74, 6) is 1.92. The summed E-state index contributed by atoms with van der Waals surface area (Å²) in [4.78, 5) is 4.50. The number of furan rings is 1. The molecule has 0 aliphatic rings. The Morgan fingerprint density at radius 1 is 1.22 bits per heavy atom. The predicted molar refractivity (Wildman–Crippen MR) is 75.9 cm³/mol. The Hall–Kier alpha value is -1.45. The highest BCUT2D eigenvalue weighted by molar-refractivity contribution is 5.79. The fraction of sp³-hybridized carbons (Fsp3) is 0.643. The molecule has 1 heterocycles. The largest absolute Gasteiger partial charge is 0.469 e. The van der Waals surface area contributed by atoms with E-state index in [-0.39, 0.29) is 0 Å². The van der Waals surface area contributed by atoms with Crippen LogP contribution < -0.4 is 10.6 Å². The van der Waals surface area contributed by atoms with Gasteiger partial charge < -0.3 is 15.1 Å². The lowest BCUT2D eigenvalue weighted by molar-refractivity contribution is 0.506. The summed E-state index contributed by atoms with van der Waals surface area (Å²) in [7, 11) is 0. The molecule has 0 aliphatic heterocycles. The Bertz CT molecular complexity index is 320. The van der Waals surface area contributed by atoms with Gasteiger partial charge in [0.1, 0.15) is 5.76 Å². The Morgan fingerprint density at radius 2 is 2.06 bits per heavy atom. The van der Waals surface area contributed by atoms with Crippen molar-refractivity contribution in [1.82, 2.24) is 10.6 Å². The van der Waals surface area contributed by atoms with E-state index in [0.29, 0.717) is 0 Å². The first kappa shape index (κ1) is 14.6. The first-order chi connectivity index (χ1) is 8.86. The molecule has 0 saturated heterocycles. The van der Waals surface area contributed by atoms with E-state index in [4.69, 9.17) is 4.42 Å². The summed E-state index contributed by atoms with van der Waals surface area (Å²) in [6.45, 7) is 7.01. The van der Waals surface area contributed by atoms with Gasteiger partial charge in [0.05, 0.1) is 6.26 Å². The third-order valence-corrected chi connectivity index (χ3v) is 2.56. The van der Waals surface area contributed by atoms with Crippen molar-refractivity contribution in [2.45, 2.75) is 39.5 Å². The second-order valence-corrected chi connectivity index (χ2v) is 4.27. The molecular weight excluding hydrogens is 226 g/mol. The maximum absolute atomic E-state index is 5.29. The third kappa shape index (κ3) is 6.33. The van der Waals surface area contributed by atoms with Crippen LogP contribution in [-0.4, -0.2) is 25.6 Å². The van der Waals surface area contributed by atoms with Gasteiger partial charge in [0.15, 0.2) is 5.96 Å². The molecule has 0 saturated carbocycles. The van der Waals surface area contributed by atoms with E-state index < -0.39 is 0 Å². The highest BCUT2D eigenvalue weighted by Gasteiger charge is 1.99. The molecule has 1 aromatic heterocycles. The number of guanidine groups is 1. The highest BCUT2D eigenvalue weighted by atomic mass is 16.3. The van der Waals surface area contributed by atoms with Gasteiger partial charge in [-0.05, 0) is 25.0 Å². The minimum atomic E-state index is 0.842. The Morgan fingerprint density at radius 3 is 2.72 bits per heavy atom. The Kier molecular flexibility index (Phi) is 7.77. The third-order valence-electron chi connectivity index (χ3n) is 2.56. The molecule has 4 nitrogen and oxygen atoms in total. The normalized spacial score (nSPS) is 11.6. The highest BCUT2D eigenvalue weighted by Crippen LogP contribution is 1.99. The first-order valence-corrected chi connectivity index (χ1v) is 6.91. The zero-order valence-corrected chi connectivity index (χ0v) is 11.5. The Labute approximate surface area is 110 Å². The van der Waals surface area contributed by atoms with Crippen molar-refractivity contribution in [2.24, 2.45) is 4.99 Å². The molecule has 18 heavy (non-hydrogen) atoms. The van der Waals surface area contributed by atoms with Crippen LogP contribution in [0.1, 0.15) is 38.9 Å². The molecule has 102 valence electrons. The second-order valence-electron chi connectivity index (χ2n) is 4.27. The topological polar surface area (TPSA) is 49.6 Å². The van der Waals surface area contributed by atoms with Crippen LogP contribution in [0.5, 0.6) is 0 Å². The van der Waals surface area contributed by atoms with Crippen LogP contribution in [0.2, 0.25) is 0 Å². The zero-order chi connectivity index (χ0) is 13.1. The second kappa shape index (κ2) is 9.57. The van der Waals surface area contributed by atoms with Crippen LogP contribution in [0.3, 0.4) is 0 Å². The fourth-order valence-corrected chi connectivity index (χ4v) is 1.54. The summed E-state index contributed by atoms with van der Waals surface area (Å²) in [5.41, 5.74) is 0. The molecule has 0 bridgehead atoms. The van der Waals surface area contributed by atoms with Gasteiger partial charge in [0.2, 0.25) is 0 Å². The zero-order valence-electron chi connectivity index (χ0n) is 11.5. The van der Waals surface area contributed by atoms with E-state index in [9.17, 15) is 0 Å². The van der Waals surface area contributed by atoms with Gasteiger partial charge in [-0.25, -0.2) is 0 Å². The number of aliphatic imine (C=N–C) groups is 1. The van der Waals surface area contributed by atoms with Crippen LogP contribution in [0.4, 0.5) is 0 Å². The van der Waals surface area contributed by atoms with E-state index in [2.05, 4.69) is 29.5 Å². The van der Waals surface area contributed by atoms with Gasteiger partial charge in [-0.3, -0.25) is 4.99 Å². The van der Waals surface area contributed by atoms with Gasteiger partial charge in [-0.2, -0.15) is 0 Å². The molecule has 0 atom stereocenters. The monoisotopic (exact) mass is 251 g/mol. The minimum Gasteiger partial charge on any atom is -0.469 e. The molecule has 0 fully saturated rings. The van der Waals surface area contributed by atoms with E-state index in [1.54, 1.807) is 6.26 Å². The van der Waals surface area contributed by atoms with Crippen molar-refractivity contribution in [3.8, 4) is 0 Å². The van der Waals surface area contributed by atoms with Gasteiger partial charge in [-0.1, -0.05) is 20.3 Å². The number of hydrogen-bond acceptors (Lipinski definition) is 2. The summed E-state index contributed by atoms with van der Waals surface area (Å²) in [6, 6.07) is 3.91. The molecule has 1 rings (SSSR count). The summed E-state index contributed by atoms with van der Waals surface area (Å²) < 4.78 is 5.29. The fourth-order valence-electron chi connectivity index (χ4n) is 1.54. The van der Waals surface area contributed by atoms with Crippen LogP contribution in [0.25, 0.3) is 0 Å². The number of nitrogens with one attached hydrogen (secondary N) is 2. The van der Waals surface area contributed by atoms with Crippen molar-refractivity contribution in [1.29, 1.82) is 0 Å². The molecule has 2 N–H and O–H groups in total. The predicted octanol–water partition coefficient (Wildman–Crippen LogP) is 2.57. The molecule has 0 aliphatic carbocycles.